The van der Waals surface area contributed by atoms with Crippen LogP contribution in [-0.2, 0) is 0 Å². The van der Waals surface area contributed by atoms with E-state index in [1.165, 1.54) is 0 Å². The second-order valence-corrected chi connectivity index (χ2v) is 6.04. The largest absolute Gasteiger partial charge is 0.508 e. The lowest BCUT2D eigenvalue weighted by atomic mass is 10.0. The van der Waals surface area contributed by atoms with Crippen molar-refractivity contribution in [1.82, 2.24) is 4.98 Å². The zero-order chi connectivity index (χ0) is 17.2. The average molecular weight is 348 g/mol. The molecule has 0 bridgehead atoms. The first kappa shape index (κ1) is 15.5. The Morgan fingerprint density at radius 1 is 0.800 bits per heavy atom. The summed E-state index contributed by atoms with van der Waals surface area (Å²) in [6, 6.07) is 22.3. The SMILES string of the molecule is Oc1ccc(-c2cc(-c3ccccc3Cl)cc(-c3ccco3)n2)cc1. The highest BCUT2D eigenvalue weighted by Crippen LogP contribution is 2.33. The van der Waals surface area contributed by atoms with Gasteiger partial charge in [-0.15, -0.1) is 0 Å². The summed E-state index contributed by atoms with van der Waals surface area (Å²) >= 11 is 6.38. The number of phenolic OH excluding ortho intramolecular Hbond substituents is 1. The van der Waals surface area contributed by atoms with E-state index in [9.17, 15) is 5.11 Å². The van der Waals surface area contributed by atoms with Crippen LogP contribution in [0.3, 0.4) is 0 Å². The second kappa shape index (κ2) is 6.46. The van der Waals surface area contributed by atoms with Gasteiger partial charge in [0.25, 0.3) is 0 Å². The summed E-state index contributed by atoms with van der Waals surface area (Å²) in [6.45, 7) is 0. The second-order valence-electron chi connectivity index (χ2n) is 5.63. The molecule has 2 aromatic heterocycles. The van der Waals surface area contributed by atoms with Crippen LogP contribution in [0.2, 0.25) is 5.02 Å². The third kappa shape index (κ3) is 3.14. The molecule has 0 aliphatic rings. The smallest absolute Gasteiger partial charge is 0.152 e. The third-order valence-electron chi connectivity index (χ3n) is 3.95. The Kier molecular flexibility index (Phi) is 4.00. The van der Waals surface area contributed by atoms with Crippen LogP contribution >= 0.6 is 11.6 Å². The van der Waals surface area contributed by atoms with E-state index in [1.54, 1.807) is 18.4 Å². The van der Waals surface area contributed by atoms with Gasteiger partial charge in [-0.05, 0) is 60.2 Å². The molecule has 4 heteroatoms. The predicted octanol–water partition coefficient (Wildman–Crippen LogP) is 6.03. The molecule has 0 saturated carbocycles. The van der Waals surface area contributed by atoms with Crippen LogP contribution in [0.25, 0.3) is 33.8 Å². The van der Waals surface area contributed by atoms with E-state index in [0.717, 1.165) is 28.1 Å². The van der Waals surface area contributed by atoms with Crippen molar-refractivity contribution < 1.29 is 9.52 Å². The maximum Gasteiger partial charge on any atom is 0.152 e. The monoisotopic (exact) mass is 347 g/mol. The number of pyridine rings is 1. The number of halogens is 1. The first-order valence-corrected chi connectivity index (χ1v) is 8.19. The minimum Gasteiger partial charge on any atom is -0.508 e. The predicted molar refractivity (Wildman–Crippen MR) is 99.5 cm³/mol. The van der Waals surface area contributed by atoms with Crippen LogP contribution in [0.15, 0.2) is 83.5 Å². The summed E-state index contributed by atoms with van der Waals surface area (Å²) in [7, 11) is 0. The highest BCUT2D eigenvalue weighted by molar-refractivity contribution is 6.33. The fourth-order valence-corrected chi connectivity index (χ4v) is 2.96. The minimum atomic E-state index is 0.220. The maximum absolute atomic E-state index is 9.52. The van der Waals surface area contributed by atoms with Gasteiger partial charge in [0, 0.05) is 16.1 Å². The van der Waals surface area contributed by atoms with Crippen molar-refractivity contribution in [3.8, 4) is 39.6 Å². The number of rotatable bonds is 3. The minimum absolute atomic E-state index is 0.220. The van der Waals surface area contributed by atoms with Crippen molar-refractivity contribution in [3.05, 3.63) is 84.1 Å². The Hall–Kier alpha value is -3.04. The van der Waals surface area contributed by atoms with Gasteiger partial charge in [-0.3, -0.25) is 0 Å². The normalized spacial score (nSPS) is 10.8. The molecule has 0 atom stereocenters. The standard InChI is InChI=1S/C21H14ClNO2/c22-18-5-2-1-4-17(18)15-12-19(14-7-9-16(24)10-8-14)23-20(13-15)21-6-3-11-25-21/h1-13,24H. The molecule has 0 aliphatic heterocycles. The molecule has 0 saturated heterocycles. The van der Waals surface area contributed by atoms with Gasteiger partial charge in [-0.2, -0.15) is 0 Å². The van der Waals surface area contributed by atoms with Crippen LogP contribution in [0, 0.1) is 0 Å². The molecule has 2 heterocycles. The third-order valence-corrected chi connectivity index (χ3v) is 4.28. The van der Waals surface area contributed by atoms with E-state index >= 15 is 0 Å². The lowest BCUT2D eigenvalue weighted by Crippen LogP contribution is -1.90. The Labute approximate surface area is 150 Å². The molecule has 0 spiro atoms. The fourth-order valence-electron chi connectivity index (χ4n) is 2.71. The van der Waals surface area contributed by atoms with E-state index in [-0.39, 0.29) is 5.75 Å². The quantitative estimate of drug-likeness (QED) is 0.491. The number of aromatic nitrogens is 1. The van der Waals surface area contributed by atoms with Crippen LogP contribution in [-0.4, -0.2) is 10.1 Å². The highest BCUT2D eigenvalue weighted by Gasteiger charge is 2.12. The lowest BCUT2D eigenvalue weighted by Gasteiger charge is -2.10. The van der Waals surface area contributed by atoms with E-state index in [0.29, 0.717) is 10.8 Å². The molecule has 3 nitrogen and oxygen atoms in total. The maximum atomic E-state index is 9.52. The number of benzene rings is 2. The summed E-state index contributed by atoms with van der Waals surface area (Å²) in [4.78, 5) is 4.71. The van der Waals surface area contributed by atoms with Crippen molar-refractivity contribution in [2.24, 2.45) is 0 Å². The summed E-state index contributed by atoms with van der Waals surface area (Å²) < 4.78 is 5.52. The van der Waals surface area contributed by atoms with Crippen molar-refractivity contribution in [2.75, 3.05) is 0 Å². The average Bonchev–Trinajstić information content (AvgIpc) is 3.17. The molecule has 1 N–H and O–H groups in total. The molecule has 4 aromatic rings. The van der Waals surface area contributed by atoms with Gasteiger partial charge in [0.2, 0.25) is 0 Å². The molecule has 0 amide bonds. The molecule has 0 aliphatic carbocycles. The highest BCUT2D eigenvalue weighted by atomic mass is 35.5. The number of furan rings is 1. The number of phenols is 1. The Bertz CT molecular complexity index is 1010. The topological polar surface area (TPSA) is 46.3 Å². The molecule has 122 valence electrons. The van der Waals surface area contributed by atoms with E-state index < -0.39 is 0 Å². The van der Waals surface area contributed by atoms with Gasteiger partial charge >= 0.3 is 0 Å². The van der Waals surface area contributed by atoms with Crippen molar-refractivity contribution in [3.63, 3.8) is 0 Å². The van der Waals surface area contributed by atoms with Crippen LogP contribution < -0.4 is 0 Å². The molecule has 2 aromatic carbocycles. The van der Waals surface area contributed by atoms with E-state index in [1.807, 2.05) is 60.7 Å². The molecular formula is C21H14ClNO2. The van der Waals surface area contributed by atoms with E-state index in [4.69, 9.17) is 21.0 Å². The summed E-state index contributed by atoms with van der Waals surface area (Å²) in [5.74, 6) is 0.909. The van der Waals surface area contributed by atoms with Crippen LogP contribution in [0.4, 0.5) is 0 Å². The number of hydrogen-bond donors (Lipinski definition) is 1. The zero-order valence-corrected chi connectivity index (χ0v) is 13.9. The Balaban J connectivity index is 1.92. The first-order chi connectivity index (χ1) is 12.2. The summed E-state index contributed by atoms with van der Waals surface area (Å²) in [5.41, 5.74) is 4.29. The molecule has 0 fully saturated rings. The van der Waals surface area contributed by atoms with Gasteiger partial charge in [-0.1, -0.05) is 29.8 Å². The molecule has 4 rings (SSSR count). The summed E-state index contributed by atoms with van der Waals surface area (Å²) in [5, 5.41) is 10.2. The lowest BCUT2D eigenvalue weighted by molar-refractivity contribution is 0.475. The first-order valence-electron chi connectivity index (χ1n) is 7.81. The van der Waals surface area contributed by atoms with Crippen LogP contribution in [0.5, 0.6) is 5.75 Å². The van der Waals surface area contributed by atoms with Gasteiger partial charge in [-0.25, -0.2) is 4.98 Å². The van der Waals surface area contributed by atoms with Gasteiger partial charge in [0.05, 0.1) is 12.0 Å². The molecule has 0 unspecified atom stereocenters. The van der Waals surface area contributed by atoms with Crippen molar-refractivity contribution >= 4 is 11.6 Å². The van der Waals surface area contributed by atoms with Crippen LogP contribution in [0.1, 0.15) is 0 Å². The van der Waals surface area contributed by atoms with Crippen molar-refractivity contribution in [2.45, 2.75) is 0 Å². The molecular weight excluding hydrogens is 334 g/mol. The fraction of sp³-hybridized carbons (Fsp3) is 0. The van der Waals surface area contributed by atoms with Gasteiger partial charge < -0.3 is 9.52 Å². The summed E-state index contributed by atoms with van der Waals surface area (Å²) in [6.07, 6.45) is 1.62. The number of nitrogens with zero attached hydrogens (tertiary/aromatic N) is 1. The molecule has 0 radical (unpaired) electrons. The molecule has 25 heavy (non-hydrogen) atoms. The number of aromatic hydroxyl groups is 1. The van der Waals surface area contributed by atoms with Gasteiger partial charge in [0.1, 0.15) is 11.4 Å². The van der Waals surface area contributed by atoms with Gasteiger partial charge in [0.15, 0.2) is 5.76 Å². The van der Waals surface area contributed by atoms with E-state index in [2.05, 4.69) is 0 Å². The Morgan fingerprint density at radius 2 is 1.56 bits per heavy atom. The van der Waals surface area contributed by atoms with Crippen molar-refractivity contribution in [1.29, 1.82) is 0 Å². The Morgan fingerprint density at radius 3 is 2.28 bits per heavy atom. The zero-order valence-electron chi connectivity index (χ0n) is 13.2. The number of hydrogen-bond acceptors (Lipinski definition) is 3.